The molecule has 1 fully saturated rings. The zero-order valence-corrected chi connectivity index (χ0v) is 21.7. The number of aliphatic carboxylic acids is 1. The number of imidazole rings is 1. The highest BCUT2D eigenvalue weighted by Crippen LogP contribution is 2.43. The van der Waals surface area contributed by atoms with E-state index in [-0.39, 0.29) is 18.0 Å². The monoisotopic (exact) mass is 507 g/mol. The minimum atomic E-state index is -1.08. The molecular weight excluding hydrogens is 473 g/mol. The maximum absolute atomic E-state index is 14.3. The number of methoxy groups -OCH3 is 1. The van der Waals surface area contributed by atoms with Crippen molar-refractivity contribution in [1.29, 1.82) is 0 Å². The molecule has 1 amide bonds. The lowest BCUT2D eigenvalue weighted by molar-refractivity contribution is -0.145. The van der Waals surface area contributed by atoms with E-state index in [1.54, 1.807) is 24.0 Å². The SMILES string of the molecule is COC(=O)N1CCc2ccc3c(nc(C4(C(=O)O)CCCCC4)n3[C@H](C)Cc3ccc(C)c(F)c3)c2C1. The second-order valence-corrected chi connectivity index (χ2v) is 10.6. The Hall–Kier alpha value is -3.42. The van der Waals surface area contributed by atoms with Gasteiger partial charge in [-0.2, -0.15) is 0 Å². The molecule has 1 N–H and O–H groups in total. The molecule has 5 rings (SSSR count). The van der Waals surface area contributed by atoms with Gasteiger partial charge in [-0.25, -0.2) is 14.2 Å². The van der Waals surface area contributed by atoms with E-state index < -0.39 is 11.4 Å². The van der Waals surface area contributed by atoms with Crippen LogP contribution in [-0.2, 0) is 34.3 Å². The van der Waals surface area contributed by atoms with Crippen LogP contribution in [0.25, 0.3) is 11.0 Å². The maximum atomic E-state index is 14.3. The van der Waals surface area contributed by atoms with Gasteiger partial charge >= 0.3 is 12.1 Å². The number of benzene rings is 2. The zero-order valence-electron chi connectivity index (χ0n) is 21.7. The number of carboxylic acid groups (broad SMARTS) is 1. The highest BCUT2D eigenvalue weighted by Gasteiger charge is 2.46. The molecule has 0 unspecified atom stereocenters. The van der Waals surface area contributed by atoms with E-state index in [0.29, 0.717) is 50.2 Å². The zero-order chi connectivity index (χ0) is 26.3. The van der Waals surface area contributed by atoms with Gasteiger partial charge in [0, 0.05) is 18.2 Å². The average molecular weight is 508 g/mol. The van der Waals surface area contributed by atoms with Crippen LogP contribution in [0.3, 0.4) is 0 Å². The van der Waals surface area contributed by atoms with Crippen LogP contribution in [-0.4, -0.2) is 45.3 Å². The first kappa shape index (κ1) is 25.2. The van der Waals surface area contributed by atoms with E-state index in [0.717, 1.165) is 47.0 Å². The summed E-state index contributed by atoms with van der Waals surface area (Å²) in [6.45, 7) is 4.71. The summed E-state index contributed by atoms with van der Waals surface area (Å²) in [5, 5.41) is 10.5. The third-order valence-electron chi connectivity index (χ3n) is 8.25. The maximum Gasteiger partial charge on any atom is 0.409 e. The van der Waals surface area contributed by atoms with E-state index in [1.807, 2.05) is 19.1 Å². The van der Waals surface area contributed by atoms with Gasteiger partial charge in [0.2, 0.25) is 0 Å². The summed E-state index contributed by atoms with van der Waals surface area (Å²) in [5.41, 5.74) is 4.03. The predicted octanol–water partition coefficient (Wildman–Crippen LogP) is 5.70. The number of carbonyl (C=O) groups excluding carboxylic acids is 1. The van der Waals surface area contributed by atoms with Crippen LogP contribution >= 0.6 is 0 Å². The second-order valence-electron chi connectivity index (χ2n) is 10.6. The van der Waals surface area contributed by atoms with Crippen molar-refractivity contribution in [3.05, 3.63) is 64.2 Å². The minimum absolute atomic E-state index is 0.154. The summed E-state index contributed by atoms with van der Waals surface area (Å²) < 4.78 is 21.4. The van der Waals surface area contributed by atoms with Gasteiger partial charge in [-0.1, -0.05) is 37.5 Å². The van der Waals surface area contributed by atoms with Crippen molar-refractivity contribution in [2.45, 2.75) is 76.8 Å². The first-order valence-corrected chi connectivity index (χ1v) is 13.1. The smallest absolute Gasteiger partial charge is 0.409 e. The quantitative estimate of drug-likeness (QED) is 0.479. The molecule has 2 aliphatic rings. The molecule has 196 valence electrons. The molecule has 0 saturated heterocycles. The number of amides is 1. The van der Waals surface area contributed by atoms with Gasteiger partial charge in [-0.3, -0.25) is 4.79 Å². The number of ether oxygens (including phenoxy) is 1. The van der Waals surface area contributed by atoms with Gasteiger partial charge in [0.05, 0.1) is 24.7 Å². The molecule has 2 heterocycles. The lowest BCUT2D eigenvalue weighted by Crippen LogP contribution is -2.41. The van der Waals surface area contributed by atoms with Crippen molar-refractivity contribution in [1.82, 2.24) is 14.5 Å². The normalized spacial score (nSPS) is 17.9. The van der Waals surface area contributed by atoms with E-state index >= 15 is 0 Å². The highest BCUT2D eigenvalue weighted by atomic mass is 19.1. The van der Waals surface area contributed by atoms with Crippen LogP contribution in [0.5, 0.6) is 0 Å². The molecule has 0 bridgehead atoms. The van der Waals surface area contributed by atoms with Crippen molar-refractivity contribution in [2.24, 2.45) is 0 Å². The third-order valence-corrected chi connectivity index (χ3v) is 8.25. The number of hydrogen-bond acceptors (Lipinski definition) is 4. The van der Waals surface area contributed by atoms with Crippen LogP contribution < -0.4 is 0 Å². The summed E-state index contributed by atoms with van der Waals surface area (Å²) in [6, 6.07) is 9.22. The molecule has 0 radical (unpaired) electrons. The Labute approximate surface area is 216 Å². The number of carbonyl (C=O) groups is 2. The Kier molecular flexibility index (Phi) is 6.68. The topological polar surface area (TPSA) is 84.7 Å². The summed E-state index contributed by atoms with van der Waals surface area (Å²) >= 11 is 0. The van der Waals surface area contributed by atoms with Crippen molar-refractivity contribution in [2.75, 3.05) is 13.7 Å². The molecular formula is C29H34FN3O4. The number of fused-ring (bicyclic) bond motifs is 3. The highest BCUT2D eigenvalue weighted by molar-refractivity contribution is 5.86. The number of hydrogen-bond donors (Lipinski definition) is 1. The number of nitrogens with zero attached hydrogens (tertiary/aromatic N) is 3. The molecule has 0 spiro atoms. The summed E-state index contributed by atoms with van der Waals surface area (Å²) in [6.07, 6.45) is 4.59. The largest absolute Gasteiger partial charge is 0.480 e. The molecule has 1 atom stereocenters. The molecule has 8 heteroatoms. The van der Waals surface area contributed by atoms with Crippen molar-refractivity contribution >= 4 is 23.1 Å². The lowest BCUT2D eigenvalue weighted by Gasteiger charge is -2.34. The Morgan fingerprint density at radius 1 is 1.19 bits per heavy atom. The van der Waals surface area contributed by atoms with Crippen molar-refractivity contribution < 1.29 is 23.8 Å². The molecule has 1 aromatic heterocycles. The molecule has 37 heavy (non-hydrogen) atoms. The van der Waals surface area contributed by atoms with Gasteiger partial charge in [0.15, 0.2) is 0 Å². The predicted molar refractivity (Wildman–Crippen MR) is 138 cm³/mol. The van der Waals surface area contributed by atoms with Crippen molar-refractivity contribution in [3.63, 3.8) is 0 Å². The number of aryl methyl sites for hydroxylation is 1. The summed E-state index contributed by atoms with van der Waals surface area (Å²) in [5.74, 6) is -0.521. The average Bonchev–Trinajstić information content (AvgIpc) is 3.31. The van der Waals surface area contributed by atoms with Crippen LogP contribution in [0.2, 0.25) is 0 Å². The van der Waals surface area contributed by atoms with Crippen LogP contribution in [0.4, 0.5) is 9.18 Å². The van der Waals surface area contributed by atoms with E-state index in [9.17, 15) is 19.1 Å². The summed E-state index contributed by atoms with van der Waals surface area (Å²) in [4.78, 5) is 31.9. The molecule has 3 aromatic rings. The minimum Gasteiger partial charge on any atom is -0.480 e. The van der Waals surface area contributed by atoms with Gasteiger partial charge < -0.3 is 19.3 Å². The van der Waals surface area contributed by atoms with Gasteiger partial charge in [0.25, 0.3) is 0 Å². The number of aromatic nitrogens is 2. The fourth-order valence-corrected chi connectivity index (χ4v) is 6.15. The molecule has 7 nitrogen and oxygen atoms in total. The lowest BCUT2D eigenvalue weighted by atomic mass is 9.73. The Morgan fingerprint density at radius 2 is 1.95 bits per heavy atom. The molecule has 1 aliphatic heterocycles. The Morgan fingerprint density at radius 3 is 2.62 bits per heavy atom. The molecule has 2 aromatic carbocycles. The third kappa shape index (κ3) is 4.36. The number of rotatable bonds is 5. The first-order valence-electron chi connectivity index (χ1n) is 13.1. The van der Waals surface area contributed by atoms with Crippen LogP contribution in [0, 0.1) is 12.7 Å². The number of halogens is 1. The Balaban J connectivity index is 1.68. The van der Waals surface area contributed by atoms with E-state index in [4.69, 9.17) is 9.72 Å². The van der Waals surface area contributed by atoms with Crippen LogP contribution in [0.15, 0.2) is 30.3 Å². The summed E-state index contributed by atoms with van der Waals surface area (Å²) in [7, 11) is 1.38. The molecule has 1 saturated carbocycles. The van der Waals surface area contributed by atoms with Crippen LogP contribution in [0.1, 0.15) is 73.1 Å². The van der Waals surface area contributed by atoms with Gasteiger partial charge in [-0.15, -0.1) is 0 Å². The van der Waals surface area contributed by atoms with Crippen molar-refractivity contribution in [3.8, 4) is 0 Å². The first-order chi connectivity index (χ1) is 17.7. The second kappa shape index (κ2) is 9.80. The Bertz CT molecular complexity index is 1360. The number of carboxylic acids is 1. The fraction of sp³-hybridized carbons (Fsp3) is 0.483. The van der Waals surface area contributed by atoms with E-state index in [1.165, 1.54) is 7.11 Å². The van der Waals surface area contributed by atoms with E-state index in [2.05, 4.69) is 10.6 Å². The van der Waals surface area contributed by atoms with Gasteiger partial charge in [-0.05, 0) is 68.4 Å². The molecule has 1 aliphatic carbocycles. The standard InChI is InChI=1S/C29H34FN3O4/c1-18-7-8-20(16-23(18)30)15-19(2)33-24-10-9-21-11-14-32(28(36)37-3)17-22(21)25(24)31-26(33)29(27(34)35)12-5-4-6-13-29/h7-10,16,19H,4-6,11-15,17H2,1-3H3,(H,34,35)/t19-/m1/s1. The fourth-order valence-electron chi connectivity index (χ4n) is 6.15. The van der Waals surface area contributed by atoms with Gasteiger partial charge in [0.1, 0.15) is 17.1 Å².